The van der Waals surface area contributed by atoms with Gasteiger partial charge in [-0.3, -0.25) is 9.59 Å². The molecule has 2 aliphatic heterocycles. The molecule has 3 aliphatic rings. The summed E-state index contributed by atoms with van der Waals surface area (Å²) >= 11 is 0. The zero-order valence-electron chi connectivity index (χ0n) is 23.1. The van der Waals surface area contributed by atoms with Gasteiger partial charge in [-0.15, -0.1) is 0 Å². The molecule has 10 nitrogen and oxygen atoms in total. The van der Waals surface area contributed by atoms with E-state index in [-0.39, 0.29) is 17.9 Å². The number of likely N-dealkylation sites (tertiary alicyclic amines) is 1. The number of guanidine groups is 1. The van der Waals surface area contributed by atoms with E-state index in [1.54, 1.807) is 37.3 Å². The number of methoxy groups -OCH3 is 1. The largest absolute Gasteiger partial charge is 0.495 e. The highest BCUT2D eigenvalue weighted by atomic mass is 16.5. The van der Waals surface area contributed by atoms with Crippen molar-refractivity contribution in [3.63, 3.8) is 0 Å². The number of piperidine rings is 1. The summed E-state index contributed by atoms with van der Waals surface area (Å²) in [4.78, 5) is 40.7. The van der Waals surface area contributed by atoms with Gasteiger partial charge in [0, 0.05) is 37.7 Å². The predicted octanol–water partition coefficient (Wildman–Crippen LogP) is 3.28. The maximum atomic E-state index is 12.9. The summed E-state index contributed by atoms with van der Waals surface area (Å²) in [6.45, 7) is 8.23. The van der Waals surface area contributed by atoms with Crippen LogP contribution >= 0.6 is 0 Å². The van der Waals surface area contributed by atoms with Crippen LogP contribution in [0, 0.1) is 0 Å². The Morgan fingerprint density at radius 2 is 1.82 bits per heavy atom. The molecule has 0 unspecified atom stereocenters. The number of ether oxygens (including phenoxy) is 1. The van der Waals surface area contributed by atoms with Crippen LogP contribution in [0.1, 0.15) is 62.2 Å². The van der Waals surface area contributed by atoms with E-state index in [0.717, 1.165) is 50.3 Å². The van der Waals surface area contributed by atoms with E-state index in [4.69, 9.17) is 9.73 Å². The monoisotopic (exact) mass is 523 g/mol. The van der Waals surface area contributed by atoms with E-state index in [0.29, 0.717) is 42.0 Å². The van der Waals surface area contributed by atoms with Gasteiger partial charge in [-0.25, -0.2) is 4.99 Å². The van der Waals surface area contributed by atoms with Crippen molar-refractivity contribution in [2.45, 2.75) is 64.0 Å². The van der Waals surface area contributed by atoms with Crippen molar-refractivity contribution in [2.75, 3.05) is 46.2 Å². The molecule has 0 radical (unpaired) electrons. The molecular weight excluding hydrogens is 482 g/mol. The van der Waals surface area contributed by atoms with Crippen LogP contribution in [0.3, 0.4) is 0 Å². The quantitative estimate of drug-likeness (QED) is 0.438. The van der Waals surface area contributed by atoms with E-state index < -0.39 is 0 Å². The summed E-state index contributed by atoms with van der Waals surface area (Å²) in [5, 5.41) is 6.37. The average Bonchev–Trinajstić information content (AvgIpc) is 3.44. The fraction of sp³-hybridized carbons (Fsp3) is 0.571. The van der Waals surface area contributed by atoms with Gasteiger partial charge in [-0.05, 0) is 77.7 Å². The zero-order valence-corrected chi connectivity index (χ0v) is 23.1. The molecule has 1 aliphatic carbocycles. The molecule has 4 rings (SSSR count). The highest BCUT2D eigenvalue weighted by Gasteiger charge is 2.31. The van der Waals surface area contributed by atoms with Crippen LogP contribution in [-0.2, 0) is 4.79 Å². The Morgan fingerprint density at radius 1 is 1.11 bits per heavy atom. The second kappa shape index (κ2) is 12.4. The summed E-state index contributed by atoms with van der Waals surface area (Å²) in [6.07, 6.45) is 6.87. The molecule has 1 saturated carbocycles. The normalized spacial score (nSPS) is 20.5. The van der Waals surface area contributed by atoms with Crippen molar-refractivity contribution in [2.24, 2.45) is 9.98 Å². The Kier molecular flexibility index (Phi) is 9.04. The molecule has 2 heterocycles. The second-order valence-corrected chi connectivity index (χ2v) is 10.4. The van der Waals surface area contributed by atoms with Gasteiger partial charge < -0.3 is 30.1 Å². The lowest BCUT2D eigenvalue weighted by Crippen LogP contribution is -2.43. The number of hydrogen-bond acceptors (Lipinski definition) is 6. The summed E-state index contributed by atoms with van der Waals surface area (Å²) < 4.78 is 5.61. The van der Waals surface area contributed by atoms with Crippen LogP contribution < -0.4 is 15.4 Å². The third-order valence-electron chi connectivity index (χ3n) is 7.93. The zero-order chi connectivity index (χ0) is 27.2. The molecule has 2 N–H and O–H groups in total. The van der Waals surface area contributed by atoms with E-state index in [2.05, 4.69) is 39.2 Å². The van der Waals surface area contributed by atoms with Crippen molar-refractivity contribution >= 4 is 30.2 Å². The van der Waals surface area contributed by atoms with Gasteiger partial charge >= 0.3 is 0 Å². The number of hydrogen-bond donors (Lipinski definition) is 2. The minimum Gasteiger partial charge on any atom is -0.495 e. The molecule has 2 fully saturated rings. The average molecular weight is 524 g/mol. The van der Waals surface area contributed by atoms with Gasteiger partial charge in [0.2, 0.25) is 11.9 Å². The van der Waals surface area contributed by atoms with Crippen molar-refractivity contribution in [3.8, 4) is 5.75 Å². The number of rotatable bonds is 6. The van der Waals surface area contributed by atoms with E-state index in [1.165, 1.54) is 12.8 Å². The standard InChI is InChI=1S/C28H41N7O3/c1-19-26(35(22-8-6-7-9-22)17-14-25(36)34(19)4)32-28(29-2)31-23-11-10-20(18-24(23)38-5)27(37)30-21-12-15-33(3)16-13-21/h10-11,18,21-22H,2,6-9,12-17H2,1,3-5H3,(H,30,37)(H,31,32). The third-order valence-corrected chi connectivity index (χ3v) is 7.93. The molecule has 1 aromatic rings. The summed E-state index contributed by atoms with van der Waals surface area (Å²) in [5.41, 5.74) is 1.94. The first kappa shape index (κ1) is 27.6. The van der Waals surface area contributed by atoms with Crippen LogP contribution in [0.4, 0.5) is 5.69 Å². The van der Waals surface area contributed by atoms with Gasteiger partial charge in [0.15, 0.2) is 5.82 Å². The van der Waals surface area contributed by atoms with E-state index >= 15 is 0 Å². The lowest BCUT2D eigenvalue weighted by molar-refractivity contribution is -0.127. The second-order valence-electron chi connectivity index (χ2n) is 10.4. The molecule has 1 saturated heterocycles. The summed E-state index contributed by atoms with van der Waals surface area (Å²) in [5.74, 6) is 1.50. The number of carbonyl (C=O) groups excluding carboxylic acids is 2. The molecule has 0 bridgehead atoms. The number of carbonyl (C=O) groups is 2. The fourth-order valence-corrected chi connectivity index (χ4v) is 5.43. The number of benzene rings is 1. The topological polar surface area (TPSA) is 102 Å². The number of nitrogens with zero attached hydrogens (tertiary/aromatic N) is 5. The first-order valence-corrected chi connectivity index (χ1v) is 13.5. The van der Waals surface area contributed by atoms with Gasteiger partial charge in [0.05, 0.1) is 18.5 Å². The predicted molar refractivity (Wildman–Crippen MR) is 151 cm³/mol. The van der Waals surface area contributed by atoms with Crippen molar-refractivity contribution in [3.05, 3.63) is 35.3 Å². The van der Waals surface area contributed by atoms with Crippen LogP contribution in [-0.4, -0.2) is 92.1 Å². The molecule has 10 heteroatoms. The SMILES string of the molecule is C=N/C(=N\C1=C(C)N(C)C(=O)CCN1C1CCCC1)Nc1ccc(C(=O)NC2CCN(C)CC2)cc1OC. The van der Waals surface area contributed by atoms with E-state index in [1.807, 2.05) is 6.92 Å². The minimum absolute atomic E-state index is 0.0764. The van der Waals surface area contributed by atoms with Crippen molar-refractivity contribution in [1.82, 2.24) is 20.0 Å². The summed E-state index contributed by atoms with van der Waals surface area (Å²) in [7, 11) is 5.46. The molecule has 0 atom stereocenters. The van der Waals surface area contributed by atoms with Gasteiger partial charge in [0.1, 0.15) is 5.75 Å². The Bertz CT molecular complexity index is 1100. The first-order chi connectivity index (χ1) is 18.3. The minimum atomic E-state index is -0.112. The molecule has 2 amide bonds. The maximum Gasteiger partial charge on any atom is 0.251 e. The smallest absolute Gasteiger partial charge is 0.251 e. The lowest BCUT2D eigenvalue weighted by Gasteiger charge is -2.31. The molecular formula is C28H41N7O3. The molecule has 38 heavy (non-hydrogen) atoms. The first-order valence-electron chi connectivity index (χ1n) is 13.5. The number of nitrogens with one attached hydrogen (secondary N) is 2. The Hall–Kier alpha value is -3.40. The van der Waals surface area contributed by atoms with Gasteiger partial charge in [-0.2, -0.15) is 4.99 Å². The number of allylic oxidation sites excluding steroid dienone is 1. The highest BCUT2D eigenvalue weighted by Crippen LogP contribution is 2.31. The Balaban J connectivity index is 1.56. The third kappa shape index (κ3) is 6.35. The highest BCUT2D eigenvalue weighted by molar-refractivity contribution is 6.00. The van der Waals surface area contributed by atoms with Crippen molar-refractivity contribution < 1.29 is 14.3 Å². The van der Waals surface area contributed by atoms with Crippen molar-refractivity contribution in [1.29, 1.82) is 0 Å². The lowest BCUT2D eigenvalue weighted by atomic mass is 10.0. The fourth-order valence-electron chi connectivity index (χ4n) is 5.43. The molecule has 0 aromatic heterocycles. The van der Waals surface area contributed by atoms with Crippen LogP contribution in [0.2, 0.25) is 0 Å². The number of aliphatic imine (C=N–C) groups is 2. The summed E-state index contributed by atoms with van der Waals surface area (Å²) in [6, 6.07) is 5.81. The Labute approximate surface area is 225 Å². The van der Waals surface area contributed by atoms with Crippen LogP contribution in [0.25, 0.3) is 0 Å². The molecule has 1 aromatic carbocycles. The molecule has 0 spiro atoms. The molecule has 206 valence electrons. The number of amides is 2. The maximum absolute atomic E-state index is 12.9. The van der Waals surface area contributed by atoms with E-state index in [9.17, 15) is 9.59 Å². The number of anilines is 1. The van der Waals surface area contributed by atoms with Gasteiger partial charge in [0.25, 0.3) is 5.91 Å². The van der Waals surface area contributed by atoms with Gasteiger partial charge in [-0.1, -0.05) is 12.8 Å². The Morgan fingerprint density at radius 3 is 2.47 bits per heavy atom. The van der Waals surface area contributed by atoms with Crippen LogP contribution in [0.5, 0.6) is 5.75 Å². The van der Waals surface area contributed by atoms with Crippen LogP contribution in [0.15, 0.2) is 39.7 Å².